The smallest absolute Gasteiger partial charge is 0.131 e. The standard InChI is InChI=1S/C28H26F2/c1-2-3-4-5-7-20-10-11-22-17-23(13-12-21(22)16-20)24-14-15-27(28(30)19-24)25-8-6-9-26(29)18-25/h6,8-19H,2-5,7H2,1H3. The zero-order chi connectivity index (χ0) is 20.9. The molecule has 0 saturated heterocycles. The zero-order valence-corrected chi connectivity index (χ0v) is 17.3. The Morgan fingerprint density at radius 1 is 0.633 bits per heavy atom. The van der Waals surface area contributed by atoms with E-state index in [-0.39, 0.29) is 11.6 Å². The molecule has 0 atom stereocenters. The van der Waals surface area contributed by atoms with Crippen LogP contribution < -0.4 is 0 Å². The Morgan fingerprint density at radius 2 is 1.40 bits per heavy atom. The molecule has 2 heteroatoms. The minimum Gasteiger partial charge on any atom is -0.207 e. The Hall–Kier alpha value is -3.00. The Morgan fingerprint density at radius 3 is 2.20 bits per heavy atom. The number of hydrogen-bond donors (Lipinski definition) is 0. The van der Waals surface area contributed by atoms with Crippen LogP contribution in [0.1, 0.15) is 38.2 Å². The lowest BCUT2D eigenvalue weighted by Crippen LogP contribution is -1.89. The summed E-state index contributed by atoms with van der Waals surface area (Å²) in [6.07, 6.45) is 6.18. The third-order valence-corrected chi connectivity index (χ3v) is 5.66. The molecule has 0 aliphatic heterocycles. The van der Waals surface area contributed by atoms with E-state index in [9.17, 15) is 8.78 Å². The number of rotatable bonds is 7. The van der Waals surface area contributed by atoms with Gasteiger partial charge in [0.2, 0.25) is 0 Å². The van der Waals surface area contributed by atoms with E-state index in [1.807, 2.05) is 12.1 Å². The first-order valence-electron chi connectivity index (χ1n) is 10.7. The molecule has 0 bridgehead atoms. The molecule has 4 aromatic rings. The van der Waals surface area contributed by atoms with E-state index in [1.54, 1.807) is 18.2 Å². The van der Waals surface area contributed by atoms with Crippen LogP contribution in [0.15, 0.2) is 78.9 Å². The van der Waals surface area contributed by atoms with Crippen LogP contribution in [-0.4, -0.2) is 0 Å². The summed E-state index contributed by atoms with van der Waals surface area (Å²) in [4.78, 5) is 0. The van der Waals surface area contributed by atoms with Crippen LogP contribution in [-0.2, 0) is 6.42 Å². The number of aryl methyl sites for hydroxylation is 1. The van der Waals surface area contributed by atoms with Crippen molar-refractivity contribution in [1.82, 2.24) is 0 Å². The predicted molar refractivity (Wildman–Crippen MR) is 123 cm³/mol. The van der Waals surface area contributed by atoms with Gasteiger partial charge in [-0.15, -0.1) is 0 Å². The summed E-state index contributed by atoms with van der Waals surface area (Å²) in [5, 5.41) is 2.36. The number of benzene rings is 4. The normalized spacial score (nSPS) is 11.2. The maximum absolute atomic E-state index is 14.8. The molecule has 30 heavy (non-hydrogen) atoms. The van der Waals surface area contributed by atoms with Gasteiger partial charge in [0.25, 0.3) is 0 Å². The van der Waals surface area contributed by atoms with Crippen molar-refractivity contribution in [3.05, 3.63) is 96.1 Å². The summed E-state index contributed by atoms with van der Waals surface area (Å²) in [7, 11) is 0. The first kappa shape index (κ1) is 20.3. The van der Waals surface area contributed by atoms with E-state index < -0.39 is 0 Å². The maximum atomic E-state index is 14.8. The summed E-state index contributed by atoms with van der Waals surface area (Å²) in [6.45, 7) is 2.23. The molecule has 0 fully saturated rings. The average Bonchev–Trinajstić information content (AvgIpc) is 2.76. The highest BCUT2D eigenvalue weighted by atomic mass is 19.1. The lowest BCUT2D eigenvalue weighted by molar-refractivity contribution is 0.625. The molecular formula is C28H26F2. The molecule has 0 heterocycles. The van der Waals surface area contributed by atoms with Crippen molar-refractivity contribution in [2.45, 2.75) is 39.0 Å². The maximum Gasteiger partial charge on any atom is 0.131 e. The van der Waals surface area contributed by atoms with Crippen molar-refractivity contribution >= 4 is 10.8 Å². The van der Waals surface area contributed by atoms with Crippen molar-refractivity contribution in [2.24, 2.45) is 0 Å². The van der Waals surface area contributed by atoms with Crippen molar-refractivity contribution in [2.75, 3.05) is 0 Å². The highest BCUT2D eigenvalue weighted by Gasteiger charge is 2.09. The summed E-state index contributed by atoms with van der Waals surface area (Å²) < 4.78 is 28.3. The predicted octanol–water partition coefficient (Wildman–Crippen LogP) is 8.57. The molecule has 0 aromatic heterocycles. The molecule has 0 saturated carbocycles. The van der Waals surface area contributed by atoms with Crippen LogP contribution in [0.4, 0.5) is 8.78 Å². The summed E-state index contributed by atoms with van der Waals surface area (Å²) in [5.74, 6) is -0.712. The quantitative estimate of drug-likeness (QED) is 0.273. The molecule has 0 nitrogen and oxygen atoms in total. The SMILES string of the molecule is CCCCCCc1ccc2cc(-c3ccc(-c4cccc(F)c4)c(F)c3)ccc2c1. The van der Waals surface area contributed by atoms with Gasteiger partial charge in [-0.3, -0.25) is 0 Å². The third-order valence-electron chi connectivity index (χ3n) is 5.66. The largest absolute Gasteiger partial charge is 0.207 e. The van der Waals surface area contributed by atoms with Crippen molar-refractivity contribution in [3.8, 4) is 22.3 Å². The molecule has 4 rings (SSSR count). The first-order chi connectivity index (χ1) is 14.6. The molecule has 0 N–H and O–H groups in total. The number of halogens is 2. The first-order valence-corrected chi connectivity index (χ1v) is 10.7. The van der Waals surface area contributed by atoms with E-state index in [0.29, 0.717) is 11.1 Å². The van der Waals surface area contributed by atoms with E-state index in [0.717, 1.165) is 22.9 Å². The summed E-state index contributed by atoms with van der Waals surface area (Å²) in [5.41, 5.74) is 4.12. The number of unbranched alkanes of at least 4 members (excludes halogenated alkanes) is 3. The summed E-state index contributed by atoms with van der Waals surface area (Å²) >= 11 is 0. The second kappa shape index (κ2) is 9.21. The monoisotopic (exact) mass is 400 g/mol. The van der Waals surface area contributed by atoms with E-state index in [1.165, 1.54) is 54.8 Å². The fourth-order valence-corrected chi connectivity index (χ4v) is 3.97. The van der Waals surface area contributed by atoms with Crippen LogP contribution in [0.25, 0.3) is 33.0 Å². The molecule has 0 unspecified atom stereocenters. The molecule has 0 spiro atoms. The van der Waals surface area contributed by atoms with Gasteiger partial charge in [0.05, 0.1) is 0 Å². The van der Waals surface area contributed by atoms with Crippen molar-refractivity contribution in [1.29, 1.82) is 0 Å². The molecule has 0 aliphatic rings. The molecular weight excluding hydrogens is 374 g/mol. The van der Waals surface area contributed by atoms with Gasteiger partial charge < -0.3 is 0 Å². The van der Waals surface area contributed by atoms with Gasteiger partial charge in [0.1, 0.15) is 11.6 Å². The average molecular weight is 401 g/mol. The van der Waals surface area contributed by atoms with E-state index in [2.05, 4.69) is 37.3 Å². The van der Waals surface area contributed by atoms with Gasteiger partial charge in [-0.05, 0) is 70.1 Å². The third kappa shape index (κ3) is 4.59. The Balaban J connectivity index is 1.57. The van der Waals surface area contributed by atoms with Gasteiger partial charge in [-0.1, -0.05) is 80.8 Å². The molecule has 4 aromatic carbocycles. The van der Waals surface area contributed by atoms with Gasteiger partial charge in [-0.25, -0.2) is 8.78 Å². The van der Waals surface area contributed by atoms with Crippen molar-refractivity contribution < 1.29 is 8.78 Å². The number of hydrogen-bond acceptors (Lipinski definition) is 0. The Kier molecular flexibility index (Phi) is 6.23. The second-order valence-electron chi connectivity index (χ2n) is 7.91. The fraction of sp³-hybridized carbons (Fsp3) is 0.214. The Bertz CT molecular complexity index is 1160. The van der Waals surface area contributed by atoms with Gasteiger partial charge in [-0.2, -0.15) is 0 Å². The fourth-order valence-electron chi connectivity index (χ4n) is 3.97. The second-order valence-corrected chi connectivity index (χ2v) is 7.91. The van der Waals surface area contributed by atoms with Crippen LogP contribution >= 0.6 is 0 Å². The highest BCUT2D eigenvalue weighted by Crippen LogP contribution is 2.30. The van der Waals surface area contributed by atoms with Crippen LogP contribution in [0.3, 0.4) is 0 Å². The van der Waals surface area contributed by atoms with E-state index in [4.69, 9.17) is 0 Å². The molecule has 152 valence electrons. The number of fused-ring (bicyclic) bond motifs is 1. The molecule has 0 amide bonds. The van der Waals surface area contributed by atoms with E-state index >= 15 is 0 Å². The van der Waals surface area contributed by atoms with Crippen LogP contribution in [0.2, 0.25) is 0 Å². The van der Waals surface area contributed by atoms with Gasteiger partial charge in [0, 0.05) is 5.56 Å². The minimum atomic E-state index is -0.366. The lowest BCUT2D eigenvalue weighted by Gasteiger charge is -2.09. The van der Waals surface area contributed by atoms with Gasteiger partial charge in [0.15, 0.2) is 0 Å². The lowest BCUT2D eigenvalue weighted by atomic mass is 9.96. The zero-order valence-electron chi connectivity index (χ0n) is 17.3. The molecule has 0 aliphatic carbocycles. The van der Waals surface area contributed by atoms with Crippen molar-refractivity contribution in [3.63, 3.8) is 0 Å². The van der Waals surface area contributed by atoms with Crippen LogP contribution in [0.5, 0.6) is 0 Å². The van der Waals surface area contributed by atoms with Crippen LogP contribution in [0, 0.1) is 11.6 Å². The highest BCUT2D eigenvalue weighted by molar-refractivity contribution is 5.88. The van der Waals surface area contributed by atoms with Gasteiger partial charge >= 0.3 is 0 Å². The molecule has 0 radical (unpaired) electrons. The topological polar surface area (TPSA) is 0 Å². The minimum absolute atomic E-state index is 0.347. The summed E-state index contributed by atoms with van der Waals surface area (Å²) in [6, 6.07) is 24.1. The Labute approximate surface area is 177 Å².